The zero-order chi connectivity index (χ0) is 23.3. The Kier molecular flexibility index (Phi) is 5.82. The van der Waals surface area contributed by atoms with Gasteiger partial charge in [-0.3, -0.25) is 0 Å². The lowest BCUT2D eigenvalue weighted by molar-refractivity contribution is 0.135. The third kappa shape index (κ3) is 4.21. The number of hydrogen-bond donors (Lipinski definition) is 2. The molecule has 3 aliphatic rings. The van der Waals surface area contributed by atoms with E-state index in [-0.39, 0.29) is 16.9 Å². The van der Waals surface area contributed by atoms with Crippen LogP contribution in [0.5, 0.6) is 0 Å². The van der Waals surface area contributed by atoms with E-state index >= 15 is 0 Å². The lowest BCUT2D eigenvalue weighted by atomic mass is 10.0. The summed E-state index contributed by atoms with van der Waals surface area (Å²) in [5.74, 6) is -0.579. The van der Waals surface area contributed by atoms with Gasteiger partial charge in [-0.25, -0.2) is 27.9 Å². The summed E-state index contributed by atoms with van der Waals surface area (Å²) in [5, 5.41) is 6.60. The van der Waals surface area contributed by atoms with Crippen LogP contribution in [0.1, 0.15) is 54.6 Å². The number of nitrogens with one attached hydrogen (secondary N) is 2. The van der Waals surface area contributed by atoms with Crippen molar-refractivity contribution >= 4 is 23.4 Å². The second-order valence-electron chi connectivity index (χ2n) is 8.87. The maximum atomic E-state index is 14.6. The quantitative estimate of drug-likeness (QED) is 0.640. The first-order chi connectivity index (χ1) is 15.8. The standard InChI is InChI=1S/C22H24ClF3N6O/c1-11(14-3-2-4-15(18(14)24)19(25)26)27-20-16-9-32(10-17(16)29-21(23)30-20)22(33)31-7-12-5-6-13(8-31)28-12/h2-4,11-13,19,28H,5-10H2,1H3,(H,27,29,30)/t11-,12?,13?/m1/s1. The molecule has 3 atom stereocenters. The normalized spacial score (nSPS) is 22.6. The number of benzene rings is 1. The third-order valence-corrected chi connectivity index (χ3v) is 6.79. The summed E-state index contributed by atoms with van der Waals surface area (Å²) in [6, 6.07) is 3.88. The number of aromatic nitrogens is 2. The van der Waals surface area contributed by atoms with Crippen molar-refractivity contribution in [3.63, 3.8) is 0 Å². The van der Waals surface area contributed by atoms with Crippen LogP contribution in [-0.4, -0.2) is 51.0 Å². The number of hydrogen-bond acceptors (Lipinski definition) is 5. The number of likely N-dealkylation sites (tertiary alicyclic amines) is 1. The predicted molar refractivity (Wildman–Crippen MR) is 117 cm³/mol. The molecular formula is C22H24ClF3N6O. The zero-order valence-electron chi connectivity index (χ0n) is 18.0. The van der Waals surface area contributed by atoms with Crippen LogP contribution >= 0.6 is 11.6 Å². The van der Waals surface area contributed by atoms with E-state index < -0.39 is 23.8 Å². The first-order valence-corrected chi connectivity index (χ1v) is 11.4. The fraction of sp³-hybridized carbons (Fsp3) is 0.500. The van der Waals surface area contributed by atoms with Crippen LogP contribution in [0.2, 0.25) is 5.28 Å². The topological polar surface area (TPSA) is 73.4 Å². The number of anilines is 1. The number of urea groups is 1. The highest BCUT2D eigenvalue weighted by molar-refractivity contribution is 6.28. The Balaban J connectivity index is 1.35. The number of piperazine rings is 1. The van der Waals surface area contributed by atoms with Crippen LogP contribution in [0.25, 0.3) is 0 Å². The lowest BCUT2D eigenvalue weighted by Gasteiger charge is -2.35. The Hall–Kier alpha value is -2.59. The van der Waals surface area contributed by atoms with Crippen molar-refractivity contribution in [1.82, 2.24) is 25.1 Å². The molecule has 0 saturated carbocycles. The predicted octanol–water partition coefficient (Wildman–Crippen LogP) is 4.25. The van der Waals surface area contributed by atoms with Gasteiger partial charge in [-0.1, -0.05) is 18.2 Å². The molecule has 5 rings (SSSR count). The summed E-state index contributed by atoms with van der Waals surface area (Å²) in [5.41, 5.74) is 0.772. The summed E-state index contributed by atoms with van der Waals surface area (Å²) in [7, 11) is 0. The van der Waals surface area contributed by atoms with Gasteiger partial charge in [-0.2, -0.15) is 0 Å². The maximum absolute atomic E-state index is 14.6. The molecule has 0 aliphatic carbocycles. The van der Waals surface area contributed by atoms with Gasteiger partial charge in [0.05, 0.1) is 30.4 Å². The molecule has 0 spiro atoms. The van der Waals surface area contributed by atoms with E-state index in [1.54, 1.807) is 11.8 Å². The molecule has 33 heavy (non-hydrogen) atoms. The number of amides is 2. The highest BCUT2D eigenvalue weighted by Gasteiger charge is 2.38. The van der Waals surface area contributed by atoms with Crippen LogP contribution in [0, 0.1) is 5.82 Å². The molecule has 2 amide bonds. The third-order valence-electron chi connectivity index (χ3n) is 6.63. The molecule has 1 aromatic carbocycles. The summed E-state index contributed by atoms with van der Waals surface area (Å²) >= 11 is 6.12. The second kappa shape index (κ2) is 8.64. The van der Waals surface area contributed by atoms with Crippen molar-refractivity contribution in [3.05, 3.63) is 51.7 Å². The minimum atomic E-state index is -2.91. The monoisotopic (exact) mass is 480 g/mol. The number of nitrogens with zero attached hydrogens (tertiary/aromatic N) is 4. The highest BCUT2D eigenvalue weighted by Crippen LogP contribution is 2.33. The van der Waals surface area contributed by atoms with Crippen LogP contribution in [-0.2, 0) is 13.1 Å². The minimum absolute atomic E-state index is 0.000214. The molecule has 3 aliphatic heterocycles. The Labute approximate surface area is 194 Å². The Morgan fingerprint density at radius 3 is 2.55 bits per heavy atom. The number of halogens is 4. The smallest absolute Gasteiger partial charge is 0.320 e. The molecule has 1 aromatic heterocycles. The maximum Gasteiger partial charge on any atom is 0.320 e. The molecule has 4 heterocycles. The van der Waals surface area contributed by atoms with Gasteiger partial charge in [-0.05, 0) is 31.4 Å². The fourth-order valence-corrected chi connectivity index (χ4v) is 5.17. The Morgan fingerprint density at radius 1 is 1.15 bits per heavy atom. The van der Waals surface area contributed by atoms with E-state index in [1.807, 2.05) is 4.90 Å². The highest BCUT2D eigenvalue weighted by atomic mass is 35.5. The van der Waals surface area contributed by atoms with Crippen LogP contribution in [0.3, 0.4) is 0 Å². The Morgan fingerprint density at radius 2 is 1.85 bits per heavy atom. The van der Waals surface area contributed by atoms with Crippen molar-refractivity contribution < 1.29 is 18.0 Å². The van der Waals surface area contributed by atoms with E-state index in [1.165, 1.54) is 12.1 Å². The van der Waals surface area contributed by atoms with E-state index in [4.69, 9.17) is 11.6 Å². The number of alkyl halides is 2. The van der Waals surface area contributed by atoms with Crippen molar-refractivity contribution in [3.8, 4) is 0 Å². The first kappa shape index (κ1) is 22.2. The summed E-state index contributed by atoms with van der Waals surface area (Å²) in [4.78, 5) is 25.3. The van der Waals surface area contributed by atoms with Gasteiger partial charge >= 0.3 is 6.03 Å². The van der Waals surface area contributed by atoms with Crippen molar-refractivity contribution in [2.45, 2.75) is 57.4 Å². The molecule has 2 saturated heterocycles. The van der Waals surface area contributed by atoms with Crippen LogP contribution in [0.4, 0.5) is 23.8 Å². The average molecular weight is 481 g/mol. The van der Waals surface area contributed by atoms with Gasteiger partial charge in [0, 0.05) is 36.3 Å². The van der Waals surface area contributed by atoms with E-state index in [0.29, 0.717) is 55.3 Å². The molecule has 2 bridgehead atoms. The lowest BCUT2D eigenvalue weighted by Crippen LogP contribution is -2.55. The van der Waals surface area contributed by atoms with Crippen molar-refractivity contribution in [2.75, 3.05) is 18.4 Å². The molecule has 7 nitrogen and oxygen atoms in total. The van der Waals surface area contributed by atoms with Gasteiger partial charge in [0.25, 0.3) is 6.43 Å². The first-order valence-electron chi connectivity index (χ1n) is 11.0. The van der Waals surface area contributed by atoms with Gasteiger partial charge in [-0.15, -0.1) is 0 Å². The number of fused-ring (bicyclic) bond motifs is 3. The van der Waals surface area contributed by atoms with Gasteiger partial charge in [0.15, 0.2) is 0 Å². The molecular weight excluding hydrogens is 457 g/mol. The fourth-order valence-electron chi connectivity index (χ4n) is 4.99. The van der Waals surface area contributed by atoms with Crippen LogP contribution in [0.15, 0.2) is 18.2 Å². The molecule has 2 N–H and O–H groups in total. The van der Waals surface area contributed by atoms with Crippen molar-refractivity contribution in [1.29, 1.82) is 0 Å². The summed E-state index contributed by atoms with van der Waals surface area (Å²) in [6.07, 6.45) is -0.759. The minimum Gasteiger partial charge on any atom is -0.363 e. The van der Waals surface area contributed by atoms with E-state index in [9.17, 15) is 18.0 Å². The zero-order valence-corrected chi connectivity index (χ0v) is 18.7. The molecule has 11 heteroatoms. The number of rotatable bonds is 4. The molecule has 176 valence electrons. The molecule has 2 aromatic rings. The Bertz CT molecular complexity index is 1070. The second-order valence-corrected chi connectivity index (χ2v) is 9.20. The number of carbonyl (C=O) groups is 1. The SMILES string of the molecule is C[C@@H](Nc1nc(Cl)nc2c1CN(C(=O)N1CC3CCC(C1)N3)C2)c1cccc(C(F)F)c1F. The van der Waals surface area contributed by atoms with Crippen LogP contribution < -0.4 is 10.6 Å². The van der Waals surface area contributed by atoms with Gasteiger partial charge in [0.2, 0.25) is 5.28 Å². The summed E-state index contributed by atoms with van der Waals surface area (Å²) < 4.78 is 40.9. The van der Waals surface area contributed by atoms with E-state index in [2.05, 4.69) is 20.6 Å². The molecule has 2 fully saturated rings. The van der Waals surface area contributed by atoms with Gasteiger partial charge < -0.3 is 20.4 Å². The summed E-state index contributed by atoms with van der Waals surface area (Å²) in [6.45, 7) is 3.60. The molecule has 2 unspecified atom stereocenters. The number of carbonyl (C=O) groups excluding carboxylic acids is 1. The van der Waals surface area contributed by atoms with E-state index in [0.717, 1.165) is 18.9 Å². The van der Waals surface area contributed by atoms with Crippen molar-refractivity contribution in [2.24, 2.45) is 0 Å². The molecule has 0 radical (unpaired) electrons. The largest absolute Gasteiger partial charge is 0.363 e. The van der Waals surface area contributed by atoms with Gasteiger partial charge in [0.1, 0.15) is 11.6 Å². The average Bonchev–Trinajstić information content (AvgIpc) is 3.35.